The molecule has 0 aliphatic heterocycles. The highest BCUT2D eigenvalue weighted by atomic mass is 19.4. The third-order valence-corrected chi connectivity index (χ3v) is 2.91. The summed E-state index contributed by atoms with van der Waals surface area (Å²) in [7, 11) is 0. The maximum atomic E-state index is 12.2. The van der Waals surface area contributed by atoms with Gasteiger partial charge in [0.05, 0.1) is 11.1 Å². The number of urea groups is 2. The lowest BCUT2D eigenvalue weighted by Gasteiger charge is -2.08. The van der Waals surface area contributed by atoms with Crippen LogP contribution in [-0.2, 0) is 12.4 Å². The van der Waals surface area contributed by atoms with E-state index in [2.05, 4.69) is 10.6 Å². The summed E-state index contributed by atoms with van der Waals surface area (Å²) in [4.78, 5) is 20.7. The van der Waals surface area contributed by atoms with Crippen LogP contribution < -0.4 is 22.1 Å². The third-order valence-electron chi connectivity index (χ3n) is 2.91. The molecule has 6 N–H and O–H groups in total. The molecule has 0 saturated heterocycles. The Balaban J connectivity index is 0.000000280. The summed E-state index contributed by atoms with van der Waals surface area (Å²) in [5.41, 5.74) is 7.89. The Labute approximate surface area is 154 Å². The number of halogens is 6. The maximum absolute atomic E-state index is 12.2. The average Bonchev–Trinajstić information content (AvgIpc) is 2.53. The van der Waals surface area contributed by atoms with E-state index in [1.54, 1.807) is 0 Å². The molecular weight excluding hydrogens is 394 g/mol. The van der Waals surface area contributed by atoms with Gasteiger partial charge in [-0.1, -0.05) is 12.1 Å². The predicted octanol–water partition coefficient (Wildman–Crippen LogP) is 4.39. The van der Waals surface area contributed by atoms with E-state index in [0.29, 0.717) is 0 Å². The second-order valence-electron chi connectivity index (χ2n) is 5.14. The summed E-state index contributed by atoms with van der Waals surface area (Å²) in [6, 6.07) is 6.66. The van der Waals surface area contributed by atoms with Crippen molar-refractivity contribution >= 4 is 23.4 Å². The van der Waals surface area contributed by atoms with E-state index < -0.39 is 35.5 Å². The van der Waals surface area contributed by atoms with Gasteiger partial charge in [-0.05, 0) is 36.4 Å². The van der Waals surface area contributed by atoms with Crippen LogP contribution in [0.15, 0.2) is 48.5 Å². The Kier molecular flexibility index (Phi) is 7.24. The van der Waals surface area contributed by atoms with Crippen LogP contribution >= 0.6 is 0 Å². The van der Waals surface area contributed by atoms with E-state index in [4.69, 9.17) is 11.5 Å². The molecule has 0 saturated carbocycles. The molecule has 2 aromatic rings. The van der Waals surface area contributed by atoms with Gasteiger partial charge in [-0.25, -0.2) is 9.59 Å². The molecule has 152 valence electrons. The molecule has 0 atom stereocenters. The van der Waals surface area contributed by atoms with Crippen LogP contribution in [0.1, 0.15) is 11.1 Å². The van der Waals surface area contributed by atoms with Crippen molar-refractivity contribution in [2.24, 2.45) is 11.5 Å². The first kappa shape index (κ1) is 22.6. The van der Waals surface area contributed by atoms with E-state index in [9.17, 15) is 35.9 Å². The number of primary amides is 2. The molecule has 0 bridgehead atoms. The quantitative estimate of drug-likeness (QED) is 0.553. The van der Waals surface area contributed by atoms with Crippen LogP contribution in [0.5, 0.6) is 0 Å². The summed E-state index contributed by atoms with van der Waals surface area (Å²) < 4.78 is 73.0. The lowest BCUT2D eigenvalue weighted by Crippen LogP contribution is -2.19. The van der Waals surface area contributed by atoms with Gasteiger partial charge >= 0.3 is 24.4 Å². The Hall–Kier alpha value is -3.44. The second-order valence-corrected chi connectivity index (χ2v) is 5.14. The van der Waals surface area contributed by atoms with Gasteiger partial charge in [0, 0.05) is 11.4 Å². The zero-order valence-electron chi connectivity index (χ0n) is 13.9. The maximum Gasteiger partial charge on any atom is 0.416 e. The number of nitrogens with one attached hydrogen (secondary N) is 2. The van der Waals surface area contributed by atoms with Gasteiger partial charge in [0.2, 0.25) is 0 Å². The first-order valence-electron chi connectivity index (χ1n) is 7.26. The van der Waals surface area contributed by atoms with Crippen molar-refractivity contribution in [3.63, 3.8) is 0 Å². The minimum Gasteiger partial charge on any atom is -0.351 e. The summed E-state index contributed by atoms with van der Waals surface area (Å²) in [5, 5.41) is 4.11. The van der Waals surface area contributed by atoms with Crippen molar-refractivity contribution in [2.75, 3.05) is 10.6 Å². The van der Waals surface area contributed by atoms with Gasteiger partial charge in [0.25, 0.3) is 0 Å². The number of anilines is 2. The van der Waals surface area contributed by atoms with Gasteiger partial charge in [-0.2, -0.15) is 26.3 Å². The van der Waals surface area contributed by atoms with E-state index >= 15 is 0 Å². The molecule has 28 heavy (non-hydrogen) atoms. The Bertz CT molecular complexity index is 767. The fourth-order valence-corrected chi connectivity index (χ4v) is 1.83. The van der Waals surface area contributed by atoms with Gasteiger partial charge in [0.1, 0.15) is 0 Å². The summed E-state index contributed by atoms with van der Waals surface area (Å²) in [6.07, 6.45) is -8.84. The minimum atomic E-state index is -4.42. The van der Waals surface area contributed by atoms with Crippen molar-refractivity contribution in [1.82, 2.24) is 0 Å². The monoisotopic (exact) mass is 408 g/mol. The standard InChI is InChI=1S/2C8H7F3N2O/c2*9-8(10,11)5-2-1-3-6(4-5)13-7(12)14/h2*1-4H,(H3,12,13,14). The topological polar surface area (TPSA) is 110 Å². The van der Waals surface area contributed by atoms with Gasteiger partial charge < -0.3 is 22.1 Å². The van der Waals surface area contributed by atoms with Crippen LogP contribution in [0, 0.1) is 0 Å². The zero-order valence-corrected chi connectivity index (χ0v) is 13.9. The van der Waals surface area contributed by atoms with Gasteiger partial charge in [-0.15, -0.1) is 0 Å². The Morgan fingerprint density at radius 1 is 0.679 bits per heavy atom. The highest BCUT2D eigenvalue weighted by Crippen LogP contribution is 2.31. The van der Waals surface area contributed by atoms with Crippen LogP contribution in [0.2, 0.25) is 0 Å². The molecule has 0 aliphatic carbocycles. The first-order chi connectivity index (χ1) is 12.8. The number of hydrogen-bond acceptors (Lipinski definition) is 2. The number of amides is 4. The van der Waals surface area contributed by atoms with Crippen LogP contribution in [0.3, 0.4) is 0 Å². The minimum absolute atomic E-state index is 0.0207. The molecule has 2 aromatic carbocycles. The molecule has 4 amide bonds. The van der Waals surface area contributed by atoms with Crippen LogP contribution in [0.4, 0.5) is 47.3 Å². The summed E-state index contributed by atoms with van der Waals surface area (Å²) in [6.45, 7) is 0. The number of benzene rings is 2. The molecule has 0 fully saturated rings. The van der Waals surface area contributed by atoms with Crippen LogP contribution in [0.25, 0.3) is 0 Å². The second kappa shape index (κ2) is 8.97. The van der Waals surface area contributed by atoms with E-state index in [-0.39, 0.29) is 11.4 Å². The lowest BCUT2D eigenvalue weighted by molar-refractivity contribution is -0.138. The molecule has 0 aromatic heterocycles. The highest BCUT2D eigenvalue weighted by molar-refractivity contribution is 5.88. The number of carbonyl (C=O) groups excluding carboxylic acids is 2. The molecule has 6 nitrogen and oxygen atoms in total. The smallest absolute Gasteiger partial charge is 0.351 e. The molecule has 0 unspecified atom stereocenters. The zero-order chi connectivity index (χ0) is 21.5. The Morgan fingerprint density at radius 2 is 1.00 bits per heavy atom. The highest BCUT2D eigenvalue weighted by Gasteiger charge is 2.31. The van der Waals surface area contributed by atoms with Crippen molar-refractivity contribution in [1.29, 1.82) is 0 Å². The molecule has 2 rings (SSSR count). The van der Waals surface area contributed by atoms with Gasteiger partial charge in [-0.3, -0.25) is 0 Å². The largest absolute Gasteiger partial charge is 0.416 e. The molecule has 12 heteroatoms. The van der Waals surface area contributed by atoms with E-state index in [1.807, 2.05) is 0 Å². The average molecular weight is 408 g/mol. The van der Waals surface area contributed by atoms with Crippen molar-refractivity contribution in [3.8, 4) is 0 Å². The summed E-state index contributed by atoms with van der Waals surface area (Å²) in [5.74, 6) is 0. The fraction of sp³-hybridized carbons (Fsp3) is 0.125. The van der Waals surface area contributed by atoms with Gasteiger partial charge in [0.15, 0.2) is 0 Å². The van der Waals surface area contributed by atoms with Crippen molar-refractivity contribution in [3.05, 3.63) is 59.7 Å². The number of hydrogen-bond donors (Lipinski definition) is 4. The van der Waals surface area contributed by atoms with Crippen molar-refractivity contribution < 1.29 is 35.9 Å². The lowest BCUT2D eigenvalue weighted by atomic mass is 10.2. The number of alkyl halides is 6. The molecule has 0 spiro atoms. The number of rotatable bonds is 2. The van der Waals surface area contributed by atoms with E-state index in [1.165, 1.54) is 24.3 Å². The molecule has 0 heterocycles. The summed E-state index contributed by atoms with van der Waals surface area (Å²) >= 11 is 0. The fourth-order valence-electron chi connectivity index (χ4n) is 1.83. The molecular formula is C16H14F6N4O2. The first-order valence-corrected chi connectivity index (χ1v) is 7.26. The number of nitrogens with two attached hydrogens (primary N) is 2. The molecule has 0 radical (unpaired) electrons. The van der Waals surface area contributed by atoms with Crippen LogP contribution in [-0.4, -0.2) is 12.1 Å². The third kappa shape index (κ3) is 7.85. The van der Waals surface area contributed by atoms with E-state index in [0.717, 1.165) is 24.3 Å². The molecule has 0 aliphatic rings. The Morgan fingerprint density at radius 3 is 1.25 bits per heavy atom. The van der Waals surface area contributed by atoms with Crippen molar-refractivity contribution in [2.45, 2.75) is 12.4 Å². The SMILES string of the molecule is NC(=O)Nc1cccc(C(F)(F)F)c1.NC(=O)Nc1cccc(C(F)(F)F)c1. The predicted molar refractivity (Wildman–Crippen MR) is 89.3 cm³/mol. The number of carbonyl (C=O) groups is 2. The normalized spacial score (nSPS) is 11.1.